The first-order valence-corrected chi connectivity index (χ1v) is 5.55. The monoisotopic (exact) mass is 186 g/mol. The maximum Gasteiger partial charge on any atom is 0.0827 e. The Hall–Kier alpha value is -0.0800. The molecule has 1 saturated carbocycles. The van der Waals surface area contributed by atoms with E-state index in [0.717, 1.165) is 32.1 Å². The zero-order valence-corrected chi connectivity index (χ0v) is 8.74. The van der Waals surface area contributed by atoms with Crippen molar-refractivity contribution in [1.29, 1.82) is 0 Å². The lowest BCUT2D eigenvalue weighted by atomic mass is 9.92. The molecule has 0 bridgehead atoms. The van der Waals surface area contributed by atoms with Crippen LogP contribution in [0.3, 0.4) is 0 Å². The first kappa shape index (κ1) is 11.0. The van der Waals surface area contributed by atoms with Crippen LogP contribution in [0.5, 0.6) is 0 Å². The second-order valence-corrected chi connectivity index (χ2v) is 4.31. The van der Waals surface area contributed by atoms with Crippen LogP contribution in [-0.4, -0.2) is 22.4 Å². The molecule has 0 amide bonds. The van der Waals surface area contributed by atoms with Gasteiger partial charge in [-0.1, -0.05) is 26.7 Å². The van der Waals surface area contributed by atoms with Crippen LogP contribution in [0.25, 0.3) is 0 Å². The summed E-state index contributed by atoms with van der Waals surface area (Å²) in [5.74, 6) is 0.966. The van der Waals surface area contributed by atoms with Gasteiger partial charge in [-0.05, 0) is 31.1 Å². The van der Waals surface area contributed by atoms with Gasteiger partial charge < -0.3 is 10.2 Å². The van der Waals surface area contributed by atoms with Gasteiger partial charge in [-0.3, -0.25) is 0 Å². The molecule has 1 aliphatic rings. The lowest BCUT2D eigenvalue weighted by Gasteiger charge is -2.21. The topological polar surface area (TPSA) is 40.5 Å². The van der Waals surface area contributed by atoms with E-state index >= 15 is 0 Å². The van der Waals surface area contributed by atoms with Crippen molar-refractivity contribution in [2.75, 3.05) is 0 Å². The fraction of sp³-hybridized carbons (Fsp3) is 1.00. The Labute approximate surface area is 81.0 Å². The fourth-order valence-corrected chi connectivity index (χ4v) is 1.85. The van der Waals surface area contributed by atoms with Crippen LogP contribution in [0.1, 0.15) is 46.0 Å². The van der Waals surface area contributed by atoms with E-state index in [4.69, 9.17) is 0 Å². The molecule has 2 heteroatoms. The zero-order valence-electron chi connectivity index (χ0n) is 8.74. The van der Waals surface area contributed by atoms with Crippen LogP contribution >= 0.6 is 0 Å². The highest BCUT2D eigenvalue weighted by Crippen LogP contribution is 2.35. The fourth-order valence-electron chi connectivity index (χ4n) is 1.85. The van der Waals surface area contributed by atoms with Crippen LogP contribution in [0.15, 0.2) is 0 Å². The van der Waals surface area contributed by atoms with E-state index in [0.29, 0.717) is 11.8 Å². The summed E-state index contributed by atoms with van der Waals surface area (Å²) < 4.78 is 0. The van der Waals surface area contributed by atoms with Gasteiger partial charge in [-0.2, -0.15) is 0 Å². The van der Waals surface area contributed by atoms with Gasteiger partial charge in [0.15, 0.2) is 0 Å². The minimum Gasteiger partial charge on any atom is -0.390 e. The summed E-state index contributed by atoms with van der Waals surface area (Å²) >= 11 is 0. The minimum atomic E-state index is -0.489. The first-order valence-electron chi connectivity index (χ1n) is 5.55. The quantitative estimate of drug-likeness (QED) is 0.665. The molecule has 0 radical (unpaired) electrons. The summed E-state index contributed by atoms with van der Waals surface area (Å²) in [6, 6.07) is 0. The van der Waals surface area contributed by atoms with Gasteiger partial charge >= 0.3 is 0 Å². The van der Waals surface area contributed by atoms with E-state index in [-0.39, 0.29) is 0 Å². The molecule has 0 spiro atoms. The number of hydrogen-bond donors (Lipinski definition) is 2. The molecule has 2 N–H and O–H groups in total. The standard InChI is InChI=1S/C11H22O2/c1-3-8(4-2)7-10(12)11(13)9-5-6-9/h8-13H,3-7H2,1-2H3. The lowest BCUT2D eigenvalue weighted by Crippen LogP contribution is -2.29. The smallest absolute Gasteiger partial charge is 0.0827 e. The third-order valence-electron chi connectivity index (χ3n) is 3.23. The van der Waals surface area contributed by atoms with Gasteiger partial charge in [0.2, 0.25) is 0 Å². The number of aliphatic hydroxyl groups is 2. The van der Waals surface area contributed by atoms with Crippen LogP contribution in [0, 0.1) is 11.8 Å². The lowest BCUT2D eigenvalue weighted by molar-refractivity contribution is -0.00791. The minimum absolute atomic E-state index is 0.393. The Morgan fingerprint density at radius 3 is 2.08 bits per heavy atom. The summed E-state index contributed by atoms with van der Waals surface area (Å²) in [5.41, 5.74) is 0. The molecule has 1 aliphatic carbocycles. The number of rotatable bonds is 6. The highest BCUT2D eigenvalue weighted by atomic mass is 16.3. The second kappa shape index (κ2) is 4.97. The van der Waals surface area contributed by atoms with E-state index < -0.39 is 12.2 Å². The van der Waals surface area contributed by atoms with Crippen LogP contribution in [-0.2, 0) is 0 Å². The molecular formula is C11H22O2. The van der Waals surface area contributed by atoms with Crippen molar-refractivity contribution < 1.29 is 10.2 Å². The third kappa shape index (κ3) is 3.28. The number of hydrogen-bond acceptors (Lipinski definition) is 2. The Balaban J connectivity index is 2.25. The highest BCUT2D eigenvalue weighted by molar-refractivity contribution is 4.86. The van der Waals surface area contributed by atoms with Gasteiger partial charge in [0.05, 0.1) is 12.2 Å². The van der Waals surface area contributed by atoms with Crippen LogP contribution in [0.4, 0.5) is 0 Å². The molecule has 2 atom stereocenters. The molecule has 0 aliphatic heterocycles. The average Bonchev–Trinajstić information content (AvgIpc) is 2.95. The average molecular weight is 186 g/mol. The Morgan fingerprint density at radius 2 is 1.69 bits per heavy atom. The zero-order chi connectivity index (χ0) is 9.84. The highest BCUT2D eigenvalue weighted by Gasteiger charge is 2.34. The summed E-state index contributed by atoms with van der Waals surface area (Å²) in [4.78, 5) is 0. The summed E-state index contributed by atoms with van der Waals surface area (Å²) in [7, 11) is 0. The first-order chi connectivity index (χ1) is 6.19. The van der Waals surface area contributed by atoms with E-state index in [9.17, 15) is 10.2 Å². The third-order valence-corrected chi connectivity index (χ3v) is 3.23. The molecule has 0 aromatic heterocycles. The maximum absolute atomic E-state index is 9.71. The molecule has 0 aromatic rings. The summed E-state index contributed by atoms with van der Waals surface area (Å²) in [6.45, 7) is 4.29. The van der Waals surface area contributed by atoms with Crippen molar-refractivity contribution in [3.8, 4) is 0 Å². The van der Waals surface area contributed by atoms with E-state index in [1.165, 1.54) is 0 Å². The van der Waals surface area contributed by atoms with Gasteiger partial charge in [0.1, 0.15) is 0 Å². The molecule has 0 saturated heterocycles. The van der Waals surface area contributed by atoms with E-state index in [1.54, 1.807) is 0 Å². The molecular weight excluding hydrogens is 164 g/mol. The Morgan fingerprint density at radius 1 is 1.15 bits per heavy atom. The van der Waals surface area contributed by atoms with Crippen molar-refractivity contribution in [3.63, 3.8) is 0 Å². The molecule has 78 valence electrons. The van der Waals surface area contributed by atoms with E-state index in [1.807, 2.05) is 0 Å². The second-order valence-electron chi connectivity index (χ2n) is 4.31. The van der Waals surface area contributed by atoms with Gasteiger partial charge in [-0.25, -0.2) is 0 Å². The molecule has 2 nitrogen and oxygen atoms in total. The van der Waals surface area contributed by atoms with Crippen molar-refractivity contribution in [1.82, 2.24) is 0 Å². The predicted octanol–water partition coefficient (Wildman–Crippen LogP) is 1.94. The van der Waals surface area contributed by atoms with Gasteiger partial charge in [-0.15, -0.1) is 0 Å². The van der Waals surface area contributed by atoms with Gasteiger partial charge in [0, 0.05) is 0 Å². The molecule has 13 heavy (non-hydrogen) atoms. The van der Waals surface area contributed by atoms with E-state index in [2.05, 4.69) is 13.8 Å². The Kier molecular flexibility index (Phi) is 4.20. The van der Waals surface area contributed by atoms with Crippen molar-refractivity contribution in [2.24, 2.45) is 11.8 Å². The van der Waals surface area contributed by atoms with Crippen LogP contribution < -0.4 is 0 Å². The summed E-state index contributed by atoms with van der Waals surface area (Å²) in [5, 5.41) is 19.4. The van der Waals surface area contributed by atoms with Crippen molar-refractivity contribution in [2.45, 2.75) is 58.2 Å². The largest absolute Gasteiger partial charge is 0.390 e. The molecule has 2 unspecified atom stereocenters. The van der Waals surface area contributed by atoms with Gasteiger partial charge in [0.25, 0.3) is 0 Å². The Bertz CT molecular complexity index is 139. The van der Waals surface area contributed by atoms with Crippen molar-refractivity contribution >= 4 is 0 Å². The molecule has 1 rings (SSSR count). The maximum atomic E-state index is 9.71. The normalized spacial score (nSPS) is 21.9. The van der Waals surface area contributed by atoms with Crippen molar-refractivity contribution in [3.05, 3.63) is 0 Å². The molecule has 0 heterocycles. The predicted molar refractivity (Wildman–Crippen MR) is 53.4 cm³/mol. The SMILES string of the molecule is CCC(CC)CC(O)C(O)C1CC1. The van der Waals surface area contributed by atoms with Crippen LogP contribution in [0.2, 0.25) is 0 Å². The summed E-state index contributed by atoms with van der Waals surface area (Å²) in [6.07, 6.45) is 4.22. The molecule has 1 fully saturated rings. The number of aliphatic hydroxyl groups excluding tert-OH is 2. The molecule has 0 aromatic carbocycles.